The largest absolute Gasteiger partial charge is 0.496 e. The van der Waals surface area contributed by atoms with E-state index in [2.05, 4.69) is 20.9 Å². The summed E-state index contributed by atoms with van der Waals surface area (Å²) >= 11 is 3.41. The maximum absolute atomic E-state index is 10.2. The van der Waals surface area contributed by atoms with Crippen molar-refractivity contribution in [1.29, 1.82) is 0 Å². The number of hydrogen-bond donors (Lipinski definition) is 1. The number of nitrogens with zero attached hydrogens (tertiary/aromatic N) is 1. The Morgan fingerprint density at radius 3 is 2.78 bits per heavy atom. The van der Waals surface area contributed by atoms with E-state index in [0.29, 0.717) is 6.42 Å². The summed E-state index contributed by atoms with van der Waals surface area (Å²) < 4.78 is 5.99. The summed E-state index contributed by atoms with van der Waals surface area (Å²) in [5.41, 5.74) is 1.71. The average Bonchev–Trinajstić information content (AvgIpc) is 2.39. The van der Waals surface area contributed by atoms with Gasteiger partial charge in [-0.15, -0.1) is 0 Å². The molecule has 0 aliphatic heterocycles. The van der Waals surface area contributed by atoms with Gasteiger partial charge in [-0.3, -0.25) is 4.98 Å². The number of ether oxygens (including phenoxy) is 1. The number of pyridine rings is 1. The van der Waals surface area contributed by atoms with Gasteiger partial charge in [0.15, 0.2) is 0 Å². The van der Waals surface area contributed by atoms with Crippen LogP contribution in [0.5, 0.6) is 5.75 Å². The lowest BCUT2D eigenvalue weighted by Crippen LogP contribution is -2.03. The average molecular weight is 308 g/mol. The molecule has 0 aliphatic carbocycles. The molecule has 0 radical (unpaired) electrons. The number of hydrogen-bond acceptors (Lipinski definition) is 3. The first kappa shape index (κ1) is 13.1. The van der Waals surface area contributed by atoms with Crippen molar-refractivity contribution in [3.8, 4) is 5.75 Å². The van der Waals surface area contributed by atoms with E-state index in [9.17, 15) is 5.11 Å². The zero-order valence-corrected chi connectivity index (χ0v) is 11.6. The number of rotatable bonds is 4. The SMILES string of the molecule is COc1ccc(C(O)Cc2ccccn2)cc1Br. The Labute approximate surface area is 115 Å². The molecule has 1 aromatic carbocycles. The van der Waals surface area contributed by atoms with Crippen molar-refractivity contribution in [2.24, 2.45) is 0 Å². The molecule has 0 bridgehead atoms. The van der Waals surface area contributed by atoms with Crippen LogP contribution >= 0.6 is 15.9 Å². The number of aliphatic hydroxyl groups excluding tert-OH is 1. The van der Waals surface area contributed by atoms with Crippen molar-refractivity contribution in [3.05, 3.63) is 58.3 Å². The van der Waals surface area contributed by atoms with Crippen molar-refractivity contribution >= 4 is 15.9 Å². The van der Waals surface area contributed by atoms with Gasteiger partial charge in [-0.05, 0) is 45.8 Å². The molecule has 3 nitrogen and oxygen atoms in total. The molecule has 94 valence electrons. The Kier molecular flexibility index (Phi) is 4.33. The van der Waals surface area contributed by atoms with Crippen LogP contribution in [0.4, 0.5) is 0 Å². The van der Waals surface area contributed by atoms with Crippen LogP contribution in [0, 0.1) is 0 Å². The van der Waals surface area contributed by atoms with Crippen LogP contribution in [-0.2, 0) is 6.42 Å². The molecule has 0 fully saturated rings. The van der Waals surface area contributed by atoms with Gasteiger partial charge < -0.3 is 9.84 Å². The molecule has 2 aromatic rings. The fourth-order valence-corrected chi connectivity index (χ4v) is 2.28. The van der Waals surface area contributed by atoms with Gasteiger partial charge in [0.1, 0.15) is 5.75 Å². The van der Waals surface area contributed by atoms with E-state index < -0.39 is 6.10 Å². The molecule has 0 saturated carbocycles. The van der Waals surface area contributed by atoms with Gasteiger partial charge in [0.25, 0.3) is 0 Å². The molecule has 1 heterocycles. The highest BCUT2D eigenvalue weighted by atomic mass is 79.9. The van der Waals surface area contributed by atoms with E-state index >= 15 is 0 Å². The predicted octanol–water partition coefficient (Wildman–Crippen LogP) is 3.13. The molecule has 1 N–H and O–H groups in total. The van der Waals surface area contributed by atoms with E-state index in [4.69, 9.17) is 4.74 Å². The number of methoxy groups -OCH3 is 1. The molecule has 4 heteroatoms. The minimum absolute atomic E-state index is 0.500. The second-order valence-electron chi connectivity index (χ2n) is 3.93. The molecule has 0 saturated heterocycles. The number of aliphatic hydroxyl groups is 1. The third-order valence-corrected chi connectivity index (χ3v) is 3.31. The molecule has 1 aromatic heterocycles. The lowest BCUT2D eigenvalue weighted by Gasteiger charge is -2.12. The molecule has 2 rings (SSSR count). The molecular weight excluding hydrogens is 294 g/mol. The third-order valence-electron chi connectivity index (χ3n) is 2.69. The smallest absolute Gasteiger partial charge is 0.133 e. The molecular formula is C14H14BrNO2. The number of benzene rings is 1. The highest BCUT2D eigenvalue weighted by Crippen LogP contribution is 2.28. The van der Waals surface area contributed by atoms with Gasteiger partial charge in [-0.25, -0.2) is 0 Å². The third kappa shape index (κ3) is 3.09. The van der Waals surface area contributed by atoms with Crippen LogP contribution in [0.1, 0.15) is 17.4 Å². The first-order valence-electron chi connectivity index (χ1n) is 5.62. The van der Waals surface area contributed by atoms with Gasteiger partial charge in [0, 0.05) is 18.3 Å². The van der Waals surface area contributed by atoms with E-state index in [1.165, 1.54) is 0 Å². The maximum Gasteiger partial charge on any atom is 0.133 e. The Morgan fingerprint density at radius 2 is 2.17 bits per heavy atom. The molecule has 1 unspecified atom stereocenters. The van der Waals surface area contributed by atoms with Gasteiger partial charge in [0.05, 0.1) is 17.7 Å². The first-order chi connectivity index (χ1) is 8.70. The van der Waals surface area contributed by atoms with Crippen molar-refractivity contribution < 1.29 is 9.84 Å². The molecule has 0 spiro atoms. The van der Waals surface area contributed by atoms with Crippen molar-refractivity contribution in [2.45, 2.75) is 12.5 Å². The molecule has 0 aliphatic rings. The van der Waals surface area contributed by atoms with Crippen LogP contribution < -0.4 is 4.74 Å². The van der Waals surface area contributed by atoms with E-state index in [1.807, 2.05) is 36.4 Å². The molecule has 1 atom stereocenters. The number of halogens is 1. The topological polar surface area (TPSA) is 42.4 Å². The van der Waals surface area contributed by atoms with Crippen molar-refractivity contribution in [3.63, 3.8) is 0 Å². The van der Waals surface area contributed by atoms with Crippen LogP contribution in [0.15, 0.2) is 47.1 Å². The lowest BCUT2D eigenvalue weighted by molar-refractivity contribution is 0.177. The molecule has 0 amide bonds. The standard InChI is InChI=1S/C14H14BrNO2/c1-18-14-6-5-10(8-12(14)15)13(17)9-11-4-2-3-7-16-11/h2-8,13,17H,9H2,1H3. The first-order valence-corrected chi connectivity index (χ1v) is 6.41. The lowest BCUT2D eigenvalue weighted by atomic mass is 10.0. The quantitative estimate of drug-likeness (QED) is 0.943. The number of aromatic nitrogens is 1. The summed E-state index contributed by atoms with van der Waals surface area (Å²) in [5, 5.41) is 10.2. The van der Waals surface area contributed by atoms with Crippen LogP contribution in [0.2, 0.25) is 0 Å². The summed E-state index contributed by atoms with van der Waals surface area (Å²) in [7, 11) is 1.62. The zero-order chi connectivity index (χ0) is 13.0. The van der Waals surface area contributed by atoms with Crippen LogP contribution in [0.25, 0.3) is 0 Å². The van der Waals surface area contributed by atoms with Crippen LogP contribution in [-0.4, -0.2) is 17.2 Å². The Balaban J connectivity index is 2.14. The fourth-order valence-electron chi connectivity index (χ4n) is 1.72. The van der Waals surface area contributed by atoms with Gasteiger partial charge in [-0.1, -0.05) is 12.1 Å². The van der Waals surface area contributed by atoms with Gasteiger partial charge >= 0.3 is 0 Å². The normalized spacial score (nSPS) is 12.2. The second-order valence-corrected chi connectivity index (χ2v) is 4.79. The summed E-state index contributed by atoms with van der Waals surface area (Å²) in [4.78, 5) is 4.20. The monoisotopic (exact) mass is 307 g/mol. The van der Waals surface area contributed by atoms with E-state index in [1.54, 1.807) is 13.3 Å². The maximum atomic E-state index is 10.2. The molecule has 18 heavy (non-hydrogen) atoms. The van der Waals surface area contributed by atoms with E-state index in [0.717, 1.165) is 21.5 Å². The van der Waals surface area contributed by atoms with Crippen molar-refractivity contribution in [1.82, 2.24) is 4.98 Å². The zero-order valence-electron chi connectivity index (χ0n) is 10.0. The van der Waals surface area contributed by atoms with Gasteiger partial charge in [0.2, 0.25) is 0 Å². The Morgan fingerprint density at radius 1 is 1.33 bits per heavy atom. The predicted molar refractivity (Wildman–Crippen MR) is 73.6 cm³/mol. The summed E-state index contributed by atoms with van der Waals surface area (Å²) in [5.74, 6) is 0.754. The summed E-state index contributed by atoms with van der Waals surface area (Å²) in [6.07, 6.45) is 1.66. The van der Waals surface area contributed by atoms with Crippen LogP contribution in [0.3, 0.4) is 0 Å². The summed E-state index contributed by atoms with van der Waals surface area (Å²) in [6, 6.07) is 11.2. The van der Waals surface area contributed by atoms with Crippen molar-refractivity contribution in [2.75, 3.05) is 7.11 Å². The second kappa shape index (κ2) is 5.98. The van der Waals surface area contributed by atoms with E-state index in [-0.39, 0.29) is 0 Å². The highest BCUT2D eigenvalue weighted by Gasteiger charge is 2.11. The highest BCUT2D eigenvalue weighted by molar-refractivity contribution is 9.10. The summed E-state index contributed by atoms with van der Waals surface area (Å²) in [6.45, 7) is 0. The fraction of sp³-hybridized carbons (Fsp3) is 0.214. The Bertz CT molecular complexity index is 516. The minimum atomic E-state index is -0.567. The Hall–Kier alpha value is -1.39. The van der Waals surface area contributed by atoms with Gasteiger partial charge in [-0.2, -0.15) is 0 Å². The minimum Gasteiger partial charge on any atom is -0.496 e.